The highest BCUT2D eigenvalue weighted by atomic mass is 79.9. The lowest BCUT2D eigenvalue weighted by atomic mass is 9.78. The Balaban J connectivity index is 2.07. The molecule has 0 spiro atoms. The van der Waals surface area contributed by atoms with Gasteiger partial charge in [-0.3, -0.25) is 4.79 Å². The molecule has 1 aliphatic rings. The average molecular weight is 335 g/mol. The molecule has 5 heteroatoms. The van der Waals surface area contributed by atoms with Gasteiger partial charge in [-0.25, -0.2) is 0 Å². The molecule has 1 aliphatic carbocycles. The lowest BCUT2D eigenvalue weighted by Gasteiger charge is -2.38. The quantitative estimate of drug-likeness (QED) is 0.850. The molecule has 3 nitrogen and oxygen atoms in total. The summed E-state index contributed by atoms with van der Waals surface area (Å²) in [7, 11) is 0. The highest BCUT2D eigenvalue weighted by molar-refractivity contribution is 9.10. The number of carbonyl (C=O) groups excluding carboxylic acids is 1. The summed E-state index contributed by atoms with van der Waals surface area (Å²) >= 11 is 9.30. The summed E-state index contributed by atoms with van der Waals surface area (Å²) in [5.74, 6) is 1.06. The van der Waals surface area contributed by atoms with E-state index >= 15 is 0 Å². The molecule has 0 aromatic carbocycles. The maximum Gasteiger partial charge on any atom is 0.256 e. The van der Waals surface area contributed by atoms with Crippen LogP contribution in [0.25, 0.3) is 0 Å². The Morgan fingerprint density at radius 1 is 1.61 bits per heavy atom. The number of hydrogen-bond donors (Lipinski definition) is 1. The standard InChI is InChI=1S/C13H17BrClNO2/c1-9-2-5-13(8-15,6-3-9)16-12(17)10-4-7-18-11(10)14/h4,7,9H,2-3,5-6,8H2,1H3,(H,16,17). The van der Waals surface area contributed by atoms with Crippen molar-refractivity contribution < 1.29 is 9.21 Å². The van der Waals surface area contributed by atoms with Crippen molar-refractivity contribution >= 4 is 33.4 Å². The van der Waals surface area contributed by atoms with Crippen LogP contribution in [-0.4, -0.2) is 17.3 Å². The Hall–Kier alpha value is -0.480. The Bertz CT molecular complexity index is 424. The molecule has 0 bridgehead atoms. The largest absolute Gasteiger partial charge is 0.457 e. The van der Waals surface area contributed by atoms with Gasteiger partial charge in [-0.1, -0.05) is 6.92 Å². The molecule has 1 heterocycles. The number of carbonyl (C=O) groups is 1. The summed E-state index contributed by atoms with van der Waals surface area (Å²) < 4.78 is 5.55. The summed E-state index contributed by atoms with van der Waals surface area (Å²) in [5, 5.41) is 3.08. The Kier molecular flexibility index (Phi) is 4.38. The number of alkyl halides is 1. The molecule has 1 amide bonds. The molecule has 2 rings (SSSR count). The topological polar surface area (TPSA) is 42.2 Å². The Labute approximate surface area is 120 Å². The van der Waals surface area contributed by atoms with E-state index in [0.717, 1.165) is 31.6 Å². The molecule has 0 saturated heterocycles. The predicted octanol–water partition coefficient (Wildman–Crippen LogP) is 3.96. The van der Waals surface area contributed by atoms with Crippen LogP contribution in [0.4, 0.5) is 0 Å². The second-order valence-corrected chi connectivity index (χ2v) is 6.15. The molecule has 1 N–H and O–H groups in total. The minimum atomic E-state index is -0.262. The van der Waals surface area contributed by atoms with Crippen molar-refractivity contribution in [2.75, 3.05) is 5.88 Å². The van der Waals surface area contributed by atoms with E-state index in [1.165, 1.54) is 6.26 Å². The van der Waals surface area contributed by atoms with Crippen LogP contribution in [0.5, 0.6) is 0 Å². The van der Waals surface area contributed by atoms with E-state index in [4.69, 9.17) is 16.0 Å². The van der Waals surface area contributed by atoms with Gasteiger partial charge >= 0.3 is 0 Å². The third kappa shape index (κ3) is 2.91. The molecule has 0 radical (unpaired) electrons. The number of halogens is 2. The molecular formula is C13H17BrClNO2. The number of rotatable bonds is 3. The first kappa shape index (κ1) is 13.9. The summed E-state index contributed by atoms with van der Waals surface area (Å²) in [6.07, 6.45) is 5.60. The second-order valence-electron chi connectivity index (χ2n) is 5.16. The molecular weight excluding hydrogens is 318 g/mol. The number of furan rings is 1. The minimum absolute atomic E-state index is 0.120. The first-order valence-electron chi connectivity index (χ1n) is 6.18. The van der Waals surface area contributed by atoms with E-state index in [1.807, 2.05) is 0 Å². The van der Waals surface area contributed by atoms with E-state index in [-0.39, 0.29) is 11.4 Å². The minimum Gasteiger partial charge on any atom is -0.457 e. The summed E-state index contributed by atoms with van der Waals surface area (Å²) in [6, 6.07) is 1.66. The van der Waals surface area contributed by atoms with Gasteiger partial charge in [0.2, 0.25) is 0 Å². The Morgan fingerprint density at radius 2 is 2.28 bits per heavy atom. The van der Waals surface area contributed by atoms with Gasteiger partial charge in [0, 0.05) is 5.88 Å². The zero-order valence-corrected chi connectivity index (χ0v) is 12.7. The normalized spacial score (nSPS) is 28.1. The first-order chi connectivity index (χ1) is 8.56. The summed E-state index contributed by atoms with van der Waals surface area (Å²) in [4.78, 5) is 12.2. The summed E-state index contributed by atoms with van der Waals surface area (Å²) in [5.41, 5.74) is 0.264. The fraction of sp³-hybridized carbons (Fsp3) is 0.615. The van der Waals surface area contributed by atoms with Gasteiger partial charge in [0.15, 0.2) is 4.67 Å². The van der Waals surface area contributed by atoms with Crippen LogP contribution in [-0.2, 0) is 0 Å². The third-order valence-corrected chi connectivity index (χ3v) is 4.85. The predicted molar refractivity (Wildman–Crippen MR) is 75.0 cm³/mol. The van der Waals surface area contributed by atoms with Crippen LogP contribution in [0.3, 0.4) is 0 Å². The van der Waals surface area contributed by atoms with E-state index in [0.29, 0.717) is 16.1 Å². The van der Waals surface area contributed by atoms with Crippen LogP contribution >= 0.6 is 27.5 Å². The van der Waals surface area contributed by atoms with Crippen LogP contribution in [0, 0.1) is 5.92 Å². The van der Waals surface area contributed by atoms with Gasteiger partial charge in [0.05, 0.1) is 17.4 Å². The van der Waals surface area contributed by atoms with E-state index in [2.05, 4.69) is 28.2 Å². The number of hydrogen-bond acceptors (Lipinski definition) is 2. The van der Waals surface area contributed by atoms with Crippen LogP contribution < -0.4 is 5.32 Å². The molecule has 100 valence electrons. The Morgan fingerprint density at radius 3 is 2.78 bits per heavy atom. The van der Waals surface area contributed by atoms with Crippen molar-refractivity contribution in [3.8, 4) is 0 Å². The molecule has 0 aliphatic heterocycles. The smallest absolute Gasteiger partial charge is 0.256 e. The van der Waals surface area contributed by atoms with Gasteiger partial charge in [-0.05, 0) is 53.6 Å². The molecule has 1 saturated carbocycles. The molecule has 0 unspecified atom stereocenters. The van der Waals surface area contributed by atoms with Gasteiger partial charge in [-0.2, -0.15) is 0 Å². The highest BCUT2D eigenvalue weighted by Crippen LogP contribution is 2.33. The zero-order valence-electron chi connectivity index (χ0n) is 10.3. The monoisotopic (exact) mass is 333 g/mol. The van der Waals surface area contributed by atoms with Crippen LogP contribution in [0.15, 0.2) is 21.4 Å². The van der Waals surface area contributed by atoms with Crippen molar-refractivity contribution in [1.29, 1.82) is 0 Å². The van der Waals surface area contributed by atoms with Crippen LogP contribution in [0.2, 0.25) is 0 Å². The van der Waals surface area contributed by atoms with Gasteiger partial charge in [0.25, 0.3) is 5.91 Å². The van der Waals surface area contributed by atoms with Gasteiger partial charge in [-0.15, -0.1) is 11.6 Å². The SMILES string of the molecule is CC1CCC(CCl)(NC(=O)c2ccoc2Br)CC1. The molecule has 0 atom stereocenters. The van der Waals surface area contributed by atoms with Crippen molar-refractivity contribution in [3.63, 3.8) is 0 Å². The van der Waals surface area contributed by atoms with Crippen molar-refractivity contribution in [2.24, 2.45) is 5.92 Å². The molecule has 1 fully saturated rings. The molecule has 1 aromatic heterocycles. The zero-order chi connectivity index (χ0) is 13.2. The van der Waals surface area contributed by atoms with E-state index in [9.17, 15) is 4.79 Å². The highest BCUT2D eigenvalue weighted by Gasteiger charge is 2.35. The fourth-order valence-electron chi connectivity index (χ4n) is 2.37. The average Bonchev–Trinajstić information content (AvgIpc) is 2.79. The fourth-order valence-corrected chi connectivity index (χ4v) is 3.12. The van der Waals surface area contributed by atoms with Crippen molar-refractivity contribution in [1.82, 2.24) is 5.32 Å². The maximum atomic E-state index is 12.2. The van der Waals surface area contributed by atoms with Crippen LogP contribution in [0.1, 0.15) is 43.0 Å². The number of amides is 1. The summed E-state index contributed by atoms with van der Waals surface area (Å²) in [6.45, 7) is 2.24. The maximum absolute atomic E-state index is 12.2. The van der Waals surface area contributed by atoms with Crippen molar-refractivity contribution in [2.45, 2.75) is 38.1 Å². The first-order valence-corrected chi connectivity index (χ1v) is 7.50. The van der Waals surface area contributed by atoms with E-state index in [1.54, 1.807) is 6.07 Å². The lowest BCUT2D eigenvalue weighted by Crippen LogP contribution is -2.52. The molecule has 1 aromatic rings. The molecule has 18 heavy (non-hydrogen) atoms. The van der Waals surface area contributed by atoms with Crippen molar-refractivity contribution in [3.05, 3.63) is 22.6 Å². The van der Waals surface area contributed by atoms with E-state index < -0.39 is 0 Å². The number of nitrogens with one attached hydrogen (secondary N) is 1. The van der Waals surface area contributed by atoms with Gasteiger partial charge < -0.3 is 9.73 Å². The van der Waals surface area contributed by atoms with Gasteiger partial charge in [0.1, 0.15) is 0 Å². The second kappa shape index (κ2) is 5.66. The lowest BCUT2D eigenvalue weighted by molar-refractivity contribution is 0.0870. The third-order valence-electron chi connectivity index (χ3n) is 3.73.